The molecule has 0 saturated heterocycles. The van der Waals surface area contributed by atoms with E-state index >= 15 is 0 Å². The van der Waals surface area contributed by atoms with Crippen molar-refractivity contribution in [2.75, 3.05) is 13.7 Å². The van der Waals surface area contributed by atoms with Crippen LogP contribution in [0.25, 0.3) is 21.9 Å². The van der Waals surface area contributed by atoms with Crippen LogP contribution in [0.4, 0.5) is 0 Å². The minimum Gasteiger partial charge on any atom is -0.495 e. The van der Waals surface area contributed by atoms with E-state index in [1.165, 1.54) is 0 Å². The molecule has 0 aliphatic carbocycles. The first-order chi connectivity index (χ1) is 10.5. The van der Waals surface area contributed by atoms with E-state index in [-0.39, 0.29) is 11.7 Å². The molecule has 4 rings (SSSR count). The molecule has 6 nitrogen and oxygen atoms in total. The van der Waals surface area contributed by atoms with Crippen LogP contribution in [0.2, 0.25) is 0 Å². The molecule has 2 aromatic heterocycles. The van der Waals surface area contributed by atoms with Crippen LogP contribution in [-0.2, 0) is 7.05 Å². The van der Waals surface area contributed by atoms with Gasteiger partial charge in [-0.25, -0.2) is 4.79 Å². The molecule has 0 fully saturated rings. The smallest absolute Gasteiger partial charge is 0.329 e. The summed E-state index contributed by atoms with van der Waals surface area (Å²) in [4.78, 5) is 17.1. The summed E-state index contributed by atoms with van der Waals surface area (Å²) in [6, 6.07) is 1.79. The van der Waals surface area contributed by atoms with Gasteiger partial charge in [0.1, 0.15) is 22.6 Å². The number of benzene rings is 1. The van der Waals surface area contributed by atoms with Gasteiger partial charge in [0.05, 0.1) is 41.3 Å². The van der Waals surface area contributed by atoms with Crippen molar-refractivity contribution in [3.8, 4) is 11.5 Å². The maximum Gasteiger partial charge on any atom is 0.329 e. The Balaban J connectivity index is 2.32. The van der Waals surface area contributed by atoms with Crippen molar-refractivity contribution in [1.29, 1.82) is 0 Å². The standard InChI is InChI=1S/C15H14BrN3O3/c1-7-6-22-14-11-8(4-10(21-3)12(14)16)17-5-9-13(11)19(7)15(20)18(9)2/h4-5,7H,6H2,1-3H3/t7-/m1/s1. The first-order valence-corrected chi connectivity index (χ1v) is 7.72. The van der Waals surface area contributed by atoms with Gasteiger partial charge in [-0.05, 0) is 22.9 Å². The summed E-state index contributed by atoms with van der Waals surface area (Å²) in [7, 11) is 3.37. The highest BCUT2D eigenvalue weighted by Gasteiger charge is 2.27. The number of imidazole rings is 1. The van der Waals surface area contributed by atoms with E-state index in [9.17, 15) is 4.79 Å². The third-order valence-corrected chi connectivity index (χ3v) is 4.95. The first-order valence-electron chi connectivity index (χ1n) is 6.93. The number of nitrogens with zero attached hydrogens (tertiary/aromatic N) is 3. The number of aryl methyl sites for hydroxylation is 1. The summed E-state index contributed by atoms with van der Waals surface area (Å²) in [5.74, 6) is 1.34. The molecule has 0 bridgehead atoms. The Hall–Kier alpha value is -2.02. The molecule has 0 spiro atoms. The quantitative estimate of drug-likeness (QED) is 0.666. The van der Waals surface area contributed by atoms with Crippen molar-refractivity contribution in [3.05, 3.63) is 27.2 Å². The van der Waals surface area contributed by atoms with Gasteiger partial charge in [-0.2, -0.15) is 0 Å². The Morgan fingerprint density at radius 3 is 3.00 bits per heavy atom. The highest BCUT2D eigenvalue weighted by Crippen LogP contribution is 2.44. The fraction of sp³-hybridized carbons (Fsp3) is 0.333. The maximum atomic E-state index is 12.6. The second-order valence-electron chi connectivity index (χ2n) is 5.48. The first kappa shape index (κ1) is 13.6. The molecular formula is C15H14BrN3O3. The zero-order valence-corrected chi connectivity index (χ0v) is 14.0. The molecule has 1 aliphatic rings. The molecule has 3 aromatic rings. The topological polar surface area (TPSA) is 58.3 Å². The van der Waals surface area contributed by atoms with Crippen molar-refractivity contribution >= 4 is 37.9 Å². The Labute approximate surface area is 134 Å². The zero-order chi connectivity index (χ0) is 15.6. The van der Waals surface area contributed by atoms with E-state index in [2.05, 4.69) is 20.9 Å². The Kier molecular flexibility index (Phi) is 2.78. The summed E-state index contributed by atoms with van der Waals surface area (Å²) in [5.41, 5.74) is 2.35. The highest BCUT2D eigenvalue weighted by molar-refractivity contribution is 9.10. The van der Waals surface area contributed by atoms with Crippen LogP contribution in [0, 0.1) is 0 Å². The molecule has 1 aliphatic heterocycles. The Morgan fingerprint density at radius 2 is 2.27 bits per heavy atom. The molecule has 7 heteroatoms. The lowest BCUT2D eigenvalue weighted by molar-refractivity contribution is 0.264. The van der Waals surface area contributed by atoms with Gasteiger partial charge < -0.3 is 9.47 Å². The monoisotopic (exact) mass is 363 g/mol. The van der Waals surface area contributed by atoms with Crippen LogP contribution in [0.1, 0.15) is 13.0 Å². The van der Waals surface area contributed by atoms with Crippen molar-refractivity contribution in [2.45, 2.75) is 13.0 Å². The lowest BCUT2D eigenvalue weighted by Crippen LogP contribution is -2.27. The molecule has 0 saturated carbocycles. The molecule has 1 atom stereocenters. The predicted molar refractivity (Wildman–Crippen MR) is 86.9 cm³/mol. The largest absolute Gasteiger partial charge is 0.495 e. The van der Waals surface area contributed by atoms with Crippen molar-refractivity contribution in [2.24, 2.45) is 7.05 Å². The lowest BCUT2D eigenvalue weighted by Gasteiger charge is -2.13. The van der Waals surface area contributed by atoms with Gasteiger partial charge in [0.2, 0.25) is 0 Å². The molecule has 3 heterocycles. The van der Waals surface area contributed by atoms with Crippen molar-refractivity contribution in [3.63, 3.8) is 0 Å². The van der Waals surface area contributed by atoms with Gasteiger partial charge in [0.25, 0.3) is 0 Å². The van der Waals surface area contributed by atoms with Crippen LogP contribution in [0.5, 0.6) is 11.5 Å². The average molecular weight is 364 g/mol. The number of aromatic nitrogens is 3. The Morgan fingerprint density at radius 1 is 1.50 bits per heavy atom. The van der Waals surface area contributed by atoms with Gasteiger partial charge in [-0.1, -0.05) is 0 Å². The second kappa shape index (κ2) is 4.49. The summed E-state index contributed by atoms with van der Waals surface area (Å²) >= 11 is 3.55. The highest BCUT2D eigenvalue weighted by atomic mass is 79.9. The molecular weight excluding hydrogens is 350 g/mol. The van der Waals surface area contributed by atoms with Gasteiger partial charge >= 0.3 is 5.69 Å². The average Bonchev–Trinajstić information content (AvgIpc) is 2.67. The van der Waals surface area contributed by atoms with Gasteiger partial charge in [-0.15, -0.1) is 0 Å². The van der Waals surface area contributed by atoms with Crippen molar-refractivity contribution < 1.29 is 9.47 Å². The summed E-state index contributed by atoms with van der Waals surface area (Å²) in [6.07, 6.45) is 1.73. The molecule has 1 aromatic carbocycles. The molecule has 0 radical (unpaired) electrons. The summed E-state index contributed by atoms with van der Waals surface area (Å²) in [5, 5.41) is 0.840. The number of ether oxygens (including phenoxy) is 2. The number of hydrogen-bond acceptors (Lipinski definition) is 4. The Bertz CT molecular complexity index is 990. The zero-order valence-electron chi connectivity index (χ0n) is 12.4. The molecule has 0 N–H and O–H groups in total. The van der Waals surface area contributed by atoms with Gasteiger partial charge in [0, 0.05) is 13.1 Å². The van der Waals surface area contributed by atoms with Gasteiger partial charge in [0.15, 0.2) is 0 Å². The molecule has 22 heavy (non-hydrogen) atoms. The molecule has 0 amide bonds. The van der Waals surface area contributed by atoms with E-state index < -0.39 is 0 Å². The number of methoxy groups -OCH3 is 1. The van der Waals surface area contributed by atoms with E-state index in [1.54, 1.807) is 29.5 Å². The number of rotatable bonds is 1. The molecule has 114 valence electrons. The third kappa shape index (κ3) is 1.54. The fourth-order valence-corrected chi connectivity index (χ4v) is 3.66. The van der Waals surface area contributed by atoms with Crippen LogP contribution in [0.3, 0.4) is 0 Å². The second-order valence-corrected chi connectivity index (χ2v) is 6.27. The molecule has 0 unspecified atom stereocenters. The van der Waals surface area contributed by atoms with E-state index in [0.29, 0.717) is 18.1 Å². The number of halogens is 1. The fourth-order valence-electron chi connectivity index (χ4n) is 3.07. The van der Waals surface area contributed by atoms with Crippen LogP contribution >= 0.6 is 15.9 Å². The summed E-state index contributed by atoms with van der Waals surface area (Å²) < 4.78 is 15.5. The van der Waals surface area contributed by atoms with Crippen LogP contribution < -0.4 is 15.2 Å². The van der Waals surface area contributed by atoms with Gasteiger partial charge in [-0.3, -0.25) is 14.1 Å². The SMILES string of the molecule is COc1cc2ncc3c4c2c(c1Br)OC[C@@H](C)n4c(=O)n3C. The predicted octanol–water partition coefficient (Wildman–Crippen LogP) is 2.61. The van der Waals surface area contributed by atoms with E-state index in [4.69, 9.17) is 9.47 Å². The summed E-state index contributed by atoms with van der Waals surface area (Å²) in [6.45, 7) is 2.39. The maximum absolute atomic E-state index is 12.6. The minimum absolute atomic E-state index is 0.0554. The lowest BCUT2D eigenvalue weighted by atomic mass is 10.1. The van der Waals surface area contributed by atoms with Crippen LogP contribution in [0.15, 0.2) is 21.5 Å². The van der Waals surface area contributed by atoms with E-state index in [0.717, 1.165) is 26.4 Å². The number of hydrogen-bond donors (Lipinski definition) is 0. The number of pyridine rings is 1. The normalized spacial score (nSPS) is 17.0. The van der Waals surface area contributed by atoms with E-state index in [1.807, 2.05) is 13.0 Å². The minimum atomic E-state index is -0.0629. The van der Waals surface area contributed by atoms with Crippen molar-refractivity contribution in [1.82, 2.24) is 14.1 Å². The third-order valence-electron chi connectivity index (χ3n) is 4.20. The van der Waals surface area contributed by atoms with Crippen LogP contribution in [-0.4, -0.2) is 27.8 Å².